The molecule has 7 nitrogen and oxygen atoms in total. The maximum Gasteiger partial charge on any atom is 0.243 e. The number of amides is 1. The van der Waals surface area contributed by atoms with E-state index < -0.39 is 28.3 Å². The normalized spacial score (nSPS) is 15.3. The van der Waals surface area contributed by atoms with Crippen molar-refractivity contribution in [3.8, 4) is 0 Å². The van der Waals surface area contributed by atoms with Crippen molar-refractivity contribution in [2.24, 2.45) is 0 Å². The van der Waals surface area contributed by atoms with Crippen LogP contribution in [0.15, 0.2) is 47.4 Å². The molecule has 1 heterocycles. The summed E-state index contributed by atoms with van der Waals surface area (Å²) in [6.45, 7) is 6.20. The van der Waals surface area contributed by atoms with E-state index >= 15 is 0 Å². The summed E-state index contributed by atoms with van der Waals surface area (Å²) in [5.74, 6) is -1.03. The maximum absolute atomic E-state index is 13.1. The van der Waals surface area contributed by atoms with Crippen LogP contribution < -0.4 is 10.2 Å². The zero-order valence-electron chi connectivity index (χ0n) is 17.5. The van der Waals surface area contributed by atoms with Gasteiger partial charge in [-0.05, 0) is 49.0 Å². The number of hydrogen-bond acceptors (Lipinski definition) is 5. The smallest absolute Gasteiger partial charge is 0.243 e. The van der Waals surface area contributed by atoms with Crippen LogP contribution in [0.3, 0.4) is 0 Å². The molecule has 0 atom stereocenters. The van der Waals surface area contributed by atoms with E-state index in [4.69, 9.17) is 11.6 Å². The first kappa shape index (κ1) is 23.5. The summed E-state index contributed by atoms with van der Waals surface area (Å²) in [6, 6.07) is 9.76. The molecule has 1 aliphatic heterocycles. The fourth-order valence-electron chi connectivity index (χ4n) is 3.45. The van der Waals surface area contributed by atoms with Crippen molar-refractivity contribution in [2.45, 2.75) is 11.8 Å². The Balaban J connectivity index is 1.71. The molecular formula is C21H26ClFN4O3S. The quantitative estimate of drug-likeness (QED) is 0.676. The van der Waals surface area contributed by atoms with E-state index in [2.05, 4.69) is 22.0 Å². The lowest BCUT2D eigenvalue weighted by atomic mass is 10.2. The van der Waals surface area contributed by atoms with Gasteiger partial charge in [-0.25, -0.2) is 12.8 Å². The van der Waals surface area contributed by atoms with Gasteiger partial charge in [0.2, 0.25) is 15.9 Å². The second-order valence-corrected chi connectivity index (χ2v) is 9.83. The summed E-state index contributed by atoms with van der Waals surface area (Å²) in [5.41, 5.74) is 1.38. The minimum Gasteiger partial charge on any atom is -0.367 e. The highest BCUT2D eigenvalue weighted by molar-refractivity contribution is 7.89. The van der Waals surface area contributed by atoms with Crippen molar-refractivity contribution in [1.29, 1.82) is 0 Å². The molecule has 10 heteroatoms. The second-order valence-electron chi connectivity index (χ2n) is 7.35. The minimum atomic E-state index is -3.93. The largest absolute Gasteiger partial charge is 0.367 e. The Morgan fingerprint density at radius 1 is 1.13 bits per heavy atom. The third-order valence-corrected chi connectivity index (χ3v) is 7.33. The van der Waals surface area contributed by atoms with Gasteiger partial charge >= 0.3 is 0 Å². The van der Waals surface area contributed by atoms with E-state index in [9.17, 15) is 17.6 Å². The highest BCUT2D eigenvalue weighted by Crippen LogP contribution is 2.30. The summed E-state index contributed by atoms with van der Waals surface area (Å²) in [5, 5.41) is 3.26. The number of carbonyl (C=O) groups is 1. The Bertz CT molecular complexity index is 1030. The molecule has 1 fully saturated rings. The first-order chi connectivity index (χ1) is 14.7. The van der Waals surface area contributed by atoms with E-state index in [0.717, 1.165) is 54.8 Å². The Morgan fingerprint density at radius 3 is 2.39 bits per heavy atom. The van der Waals surface area contributed by atoms with Gasteiger partial charge in [-0.15, -0.1) is 0 Å². The summed E-state index contributed by atoms with van der Waals surface area (Å²) in [6.07, 6.45) is 0. The zero-order chi connectivity index (χ0) is 22.6. The van der Waals surface area contributed by atoms with Gasteiger partial charge in [0, 0.05) is 38.2 Å². The van der Waals surface area contributed by atoms with Crippen molar-refractivity contribution in [1.82, 2.24) is 9.21 Å². The lowest BCUT2D eigenvalue weighted by Gasteiger charge is -2.36. The lowest BCUT2D eigenvalue weighted by Crippen LogP contribution is -2.46. The molecule has 31 heavy (non-hydrogen) atoms. The summed E-state index contributed by atoms with van der Waals surface area (Å²) < 4.78 is 39.3. The number of benzene rings is 2. The molecule has 0 unspecified atom stereocenters. The van der Waals surface area contributed by atoms with Gasteiger partial charge in [0.1, 0.15) is 5.82 Å². The molecule has 2 aromatic rings. The number of likely N-dealkylation sites (N-methyl/N-ethyl adjacent to an activating group) is 2. The topological polar surface area (TPSA) is 73.0 Å². The van der Waals surface area contributed by atoms with Gasteiger partial charge in [-0.3, -0.25) is 4.79 Å². The number of anilines is 2. The second kappa shape index (κ2) is 9.95. The molecule has 0 aromatic heterocycles. The molecule has 2 aromatic carbocycles. The third-order valence-electron chi connectivity index (χ3n) is 5.28. The molecule has 0 bridgehead atoms. The van der Waals surface area contributed by atoms with Crippen molar-refractivity contribution < 1.29 is 17.6 Å². The molecular weight excluding hydrogens is 443 g/mol. The van der Waals surface area contributed by atoms with Gasteiger partial charge in [0.15, 0.2) is 0 Å². The summed E-state index contributed by atoms with van der Waals surface area (Å²) >= 11 is 6.14. The van der Waals surface area contributed by atoms with E-state index in [1.54, 1.807) is 12.1 Å². The molecule has 1 N–H and O–H groups in total. The molecule has 1 amide bonds. The molecule has 1 saturated heterocycles. The van der Waals surface area contributed by atoms with Crippen LogP contribution in [0.2, 0.25) is 5.02 Å². The lowest BCUT2D eigenvalue weighted by molar-refractivity contribution is -0.116. The minimum absolute atomic E-state index is 0.0820. The third kappa shape index (κ3) is 5.74. The first-order valence-corrected chi connectivity index (χ1v) is 11.8. The SMILES string of the molecule is CCN1CCN(c2ccc(Cl)cc2NC(=O)CN(C)S(=O)(=O)c2ccc(F)cc2)CC1. The van der Waals surface area contributed by atoms with Crippen molar-refractivity contribution >= 4 is 38.9 Å². The van der Waals surface area contributed by atoms with Crippen LogP contribution in [0.1, 0.15) is 6.92 Å². The van der Waals surface area contributed by atoms with E-state index in [1.807, 2.05) is 6.07 Å². The van der Waals surface area contributed by atoms with E-state index in [0.29, 0.717) is 10.7 Å². The number of hydrogen-bond donors (Lipinski definition) is 1. The Morgan fingerprint density at radius 2 is 1.77 bits per heavy atom. The molecule has 0 radical (unpaired) electrons. The van der Waals surface area contributed by atoms with Crippen LogP contribution in [0, 0.1) is 5.82 Å². The number of nitrogens with zero attached hydrogens (tertiary/aromatic N) is 3. The van der Waals surface area contributed by atoms with Gasteiger partial charge in [0.05, 0.1) is 22.8 Å². The van der Waals surface area contributed by atoms with Crippen molar-refractivity contribution in [2.75, 3.05) is 56.5 Å². The molecule has 3 rings (SSSR count). The predicted molar refractivity (Wildman–Crippen MR) is 121 cm³/mol. The Kier molecular flexibility index (Phi) is 7.53. The van der Waals surface area contributed by atoms with Crippen LogP contribution in [0.5, 0.6) is 0 Å². The van der Waals surface area contributed by atoms with Gasteiger partial charge in [-0.1, -0.05) is 18.5 Å². The van der Waals surface area contributed by atoms with Crippen molar-refractivity contribution in [3.05, 3.63) is 53.3 Å². The molecule has 0 aliphatic carbocycles. The Hall–Kier alpha value is -2.20. The first-order valence-electron chi connectivity index (χ1n) is 9.99. The fraction of sp³-hybridized carbons (Fsp3) is 0.381. The number of piperazine rings is 1. The van der Waals surface area contributed by atoms with Gasteiger partial charge in [-0.2, -0.15) is 4.31 Å². The molecule has 168 valence electrons. The number of nitrogens with one attached hydrogen (secondary N) is 1. The molecule has 0 saturated carbocycles. The highest BCUT2D eigenvalue weighted by atomic mass is 35.5. The van der Waals surface area contributed by atoms with Crippen LogP contribution in [0.25, 0.3) is 0 Å². The summed E-state index contributed by atoms with van der Waals surface area (Å²) in [4.78, 5) is 17.1. The molecule has 1 aliphatic rings. The van der Waals surface area contributed by atoms with Crippen LogP contribution in [-0.2, 0) is 14.8 Å². The average molecular weight is 469 g/mol. The standard InChI is InChI=1S/C21H26ClFN4O3S/c1-3-26-10-12-27(13-11-26)20-9-4-16(22)14-19(20)24-21(28)15-25(2)31(29,30)18-7-5-17(23)6-8-18/h4-9,14H,3,10-13,15H2,1-2H3,(H,24,28). The van der Waals surface area contributed by atoms with Gasteiger partial charge < -0.3 is 15.1 Å². The van der Waals surface area contributed by atoms with Crippen LogP contribution >= 0.6 is 11.6 Å². The molecule has 0 spiro atoms. The number of rotatable bonds is 7. The van der Waals surface area contributed by atoms with E-state index in [1.165, 1.54) is 19.2 Å². The Labute approximate surface area is 187 Å². The highest BCUT2D eigenvalue weighted by Gasteiger charge is 2.24. The summed E-state index contributed by atoms with van der Waals surface area (Å²) in [7, 11) is -2.62. The zero-order valence-corrected chi connectivity index (χ0v) is 19.1. The number of sulfonamides is 1. The maximum atomic E-state index is 13.1. The monoisotopic (exact) mass is 468 g/mol. The number of halogens is 2. The number of carbonyl (C=O) groups excluding carboxylic acids is 1. The average Bonchev–Trinajstić information content (AvgIpc) is 2.74. The predicted octanol–water partition coefficient (Wildman–Crippen LogP) is 2.88. The van der Waals surface area contributed by atoms with Crippen molar-refractivity contribution in [3.63, 3.8) is 0 Å². The van der Waals surface area contributed by atoms with Gasteiger partial charge in [0.25, 0.3) is 0 Å². The van der Waals surface area contributed by atoms with E-state index in [-0.39, 0.29) is 4.90 Å². The van der Waals surface area contributed by atoms with Crippen LogP contribution in [0.4, 0.5) is 15.8 Å². The van der Waals surface area contributed by atoms with Crippen LogP contribution in [-0.4, -0.2) is 69.8 Å². The fourth-order valence-corrected chi connectivity index (χ4v) is 4.75.